The number of non-ortho nitro benzene ring substituents is 1. The van der Waals surface area contributed by atoms with E-state index in [4.69, 9.17) is 4.74 Å². The number of rotatable bonds is 6. The van der Waals surface area contributed by atoms with E-state index >= 15 is 0 Å². The number of carbonyl (C=O) groups excluding carboxylic acids is 3. The fraction of sp³-hybridized carbons (Fsp3) is 0.176. The molecule has 1 N–H and O–H groups in total. The number of imide groups is 1. The van der Waals surface area contributed by atoms with Crippen LogP contribution in [0.1, 0.15) is 44.1 Å². The molecule has 3 amide bonds. The third-order valence-electron chi connectivity index (χ3n) is 9.05. The van der Waals surface area contributed by atoms with Gasteiger partial charge in [0.1, 0.15) is 5.75 Å². The molecule has 0 spiro atoms. The number of hydrogen-bond donors (Lipinski definition) is 1. The molecule has 3 aliphatic carbocycles. The molecule has 10 heteroatoms. The molecule has 4 aromatic rings. The van der Waals surface area contributed by atoms with Crippen LogP contribution in [0.2, 0.25) is 0 Å². The summed E-state index contributed by atoms with van der Waals surface area (Å²) < 4.78 is 5.26. The first kappa shape index (κ1) is 27.2. The molecular formula is C34H26N4O6. The summed E-state index contributed by atoms with van der Waals surface area (Å²) in [5.74, 6) is -3.04. The van der Waals surface area contributed by atoms with Crippen LogP contribution >= 0.6 is 0 Å². The minimum atomic E-state index is -1.18. The molecule has 8 rings (SSSR count). The molecule has 218 valence electrons. The molecule has 0 radical (unpaired) electrons. The molecule has 2 bridgehead atoms. The molecule has 44 heavy (non-hydrogen) atoms. The SMILES string of the molecule is COc1ccc([N+](=O)[O-])cc1C(=O)N/N=C\C12c3ccccc3C(c3ccccc31)[C@@H]1C(=O)N(c3ccc(C)cc3)C(=O)[C@H]12. The maximum atomic E-state index is 14.4. The Morgan fingerprint density at radius 3 is 2.20 bits per heavy atom. The van der Waals surface area contributed by atoms with Gasteiger partial charge in [-0.25, -0.2) is 10.3 Å². The van der Waals surface area contributed by atoms with Gasteiger partial charge in [0.05, 0.1) is 40.5 Å². The van der Waals surface area contributed by atoms with Gasteiger partial charge < -0.3 is 4.74 Å². The van der Waals surface area contributed by atoms with Crippen LogP contribution in [0.5, 0.6) is 5.75 Å². The van der Waals surface area contributed by atoms with Crippen molar-refractivity contribution in [3.63, 3.8) is 0 Å². The lowest BCUT2D eigenvalue weighted by Gasteiger charge is -2.52. The number of amides is 3. The lowest BCUT2D eigenvalue weighted by atomic mass is 9.47. The normalized spacial score (nSPS) is 22.9. The fourth-order valence-corrected chi connectivity index (χ4v) is 7.24. The average Bonchev–Trinajstić information content (AvgIpc) is 3.31. The Morgan fingerprint density at radius 1 is 0.955 bits per heavy atom. The molecule has 1 aliphatic heterocycles. The third kappa shape index (κ3) is 3.73. The van der Waals surface area contributed by atoms with E-state index in [1.807, 2.05) is 67.6 Å². The van der Waals surface area contributed by atoms with Gasteiger partial charge in [0, 0.05) is 24.3 Å². The van der Waals surface area contributed by atoms with Crippen LogP contribution < -0.4 is 15.1 Å². The predicted octanol–water partition coefficient (Wildman–Crippen LogP) is 4.88. The summed E-state index contributed by atoms with van der Waals surface area (Å²) in [7, 11) is 1.36. The number of anilines is 1. The summed E-state index contributed by atoms with van der Waals surface area (Å²) in [4.78, 5) is 54.0. The summed E-state index contributed by atoms with van der Waals surface area (Å²) in [6, 6.07) is 26.4. The highest BCUT2D eigenvalue weighted by molar-refractivity contribution is 6.25. The summed E-state index contributed by atoms with van der Waals surface area (Å²) in [6.07, 6.45) is 1.54. The zero-order valence-corrected chi connectivity index (χ0v) is 23.8. The van der Waals surface area contributed by atoms with Crippen molar-refractivity contribution < 1.29 is 24.0 Å². The van der Waals surface area contributed by atoms with Gasteiger partial charge in [-0.1, -0.05) is 66.2 Å². The molecule has 0 unspecified atom stereocenters. The molecule has 1 fully saturated rings. The predicted molar refractivity (Wildman–Crippen MR) is 162 cm³/mol. The number of nitro benzene ring substituents is 1. The Labute approximate surface area is 252 Å². The van der Waals surface area contributed by atoms with Gasteiger partial charge in [-0.3, -0.25) is 24.5 Å². The number of hydrogen-bond acceptors (Lipinski definition) is 7. The molecule has 4 aliphatic rings. The first-order valence-corrected chi connectivity index (χ1v) is 14.1. The number of nitro groups is 1. The van der Waals surface area contributed by atoms with E-state index in [1.54, 1.807) is 18.3 Å². The first-order chi connectivity index (χ1) is 21.3. The van der Waals surface area contributed by atoms with E-state index in [0.29, 0.717) is 5.69 Å². The van der Waals surface area contributed by atoms with Crippen molar-refractivity contribution in [2.75, 3.05) is 12.0 Å². The Hall–Kier alpha value is -5.64. The highest BCUT2D eigenvalue weighted by atomic mass is 16.6. The summed E-state index contributed by atoms with van der Waals surface area (Å²) >= 11 is 0. The van der Waals surface area contributed by atoms with E-state index in [0.717, 1.165) is 33.9 Å². The van der Waals surface area contributed by atoms with Crippen LogP contribution in [0, 0.1) is 28.9 Å². The third-order valence-corrected chi connectivity index (χ3v) is 9.05. The average molecular weight is 587 g/mol. The van der Waals surface area contributed by atoms with E-state index in [1.165, 1.54) is 24.1 Å². The van der Waals surface area contributed by atoms with Crippen LogP contribution in [-0.2, 0) is 15.0 Å². The number of benzene rings is 4. The Balaban J connectivity index is 1.37. The molecular weight excluding hydrogens is 560 g/mol. The van der Waals surface area contributed by atoms with Crippen LogP contribution in [0.4, 0.5) is 11.4 Å². The number of aryl methyl sites for hydroxylation is 1. The largest absolute Gasteiger partial charge is 0.496 e. The molecule has 2 atom stereocenters. The van der Waals surface area contributed by atoms with Gasteiger partial charge in [0.15, 0.2) is 0 Å². The lowest BCUT2D eigenvalue weighted by molar-refractivity contribution is -0.384. The molecule has 0 aromatic heterocycles. The fourth-order valence-electron chi connectivity index (χ4n) is 7.24. The quantitative estimate of drug-likeness (QED) is 0.148. The Morgan fingerprint density at radius 2 is 1.59 bits per heavy atom. The maximum absolute atomic E-state index is 14.4. The van der Waals surface area contributed by atoms with Crippen LogP contribution in [0.15, 0.2) is 96.1 Å². The molecule has 1 heterocycles. The summed E-state index contributed by atoms with van der Waals surface area (Å²) in [5.41, 5.74) is 6.01. The number of nitrogens with one attached hydrogen (secondary N) is 1. The van der Waals surface area contributed by atoms with Gasteiger partial charge in [0.2, 0.25) is 11.8 Å². The van der Waals surface area contributed by atoms with E-state index < -0.39 is 28.1 Å². The minimum Gasteiger partial charge on any atom is -0.496 e. The van der Waals surface area contributed by atoms with Gasteiger partial charge in [-0.15, -0.1) is 0 Å². The van der Waals surface area contributed by atoms with Crippen molar-refractivity contribution in [1.29, 1.82) is 0 Å². The maximum Gasteiger partial charge on any atom is 0.275 e. The minimum absolute atomic E-state index is 0.0694. The van der Waals surface area contributed by atoms with E-state index in [-0.39, 0.29) is 34.7 Å². The second-order valence-electron chi connectivity index (χ2n) is 11.2. The Kier molecular flexibility index (Phi) is 6.17. The van der Waals surface area contributed by atoms with Gasteiger partial charge in [0.25, 0.3) is 11.6 Å². The van der Waals surface area contributed by atoms with Gasteiger partial charge in [-0.05, 0) is 47.4 Å². The van der Waals surface area contributed by atoms with Crippen LogP contribution in [-0.4, -0.2) is 36.0 Å². The number of ether oxygens (including phenoxy) is 1. The van der Waals surface area contributed by atoms with Crippen molar-refractivity contribution in [2.45, 2.75) is 18.3 Å². The molecule has 0 saturated carbocycles. The smallest absolute Gasteiger partial charge is 0.275 e. The molecule has 4 aromatic carbocycles. The highest BCUT2D eigenvalue weighted by Gasteiger charge is 2.68. The van der Waals surface area contributed by atoms with Crippen molar-refractivity contribution in [1.82, 2.24) is 5.43 Å². The zero-order valence-electron chi connectivity index (χ0n) is 23.8. The second kappa shape index (κ2) is 9.98. The standard InChI is InChI=1S/C34H26N4O6/c1-19-11-13-20(14-12-19)37-32(40)29-28-22-7-3-5-9-25(22)34(30(29)33(37)41,26-10-6-4-8-23(26)28)18-35-36-31(39)24-17-21(38(42)43)15-16-27(24)44-2/h3-18,28-30H,1-2H3,(H,36,39)/b35-18-/t28?,29-,30-,34?/m0/s1. The second-order valence-corrected chi connectivity index (χ2v) is 11.2. The van der Waals surface area contributed by atoms with Crippen molar-refractivity contribution in [3.05, 3.63) is 134 Å². The number of nitrogens with zero attached hydrogens (tertiary/aromatic N) is 3. The monoisotopic (exact) mass is 586 g/mol. The summed E-state index contributed by atoms with van der Waals surface area (Å²) in [6.45, 7) is 1.94. The van der Waals surface area contributed by atoms with Crippen LogP contribution in [0.25, 0.3) is 0 Å². The summed E-state index contributed by atoms with van der Waals surface area (Å²) in [5, 5.41) is 15.7. The van der Waals surface area contributed by atoms with Crippen molar-refractivity contribution in [2.24, 2.45) is 16.9 Å². The highest BCUT2D eigenvalue weighted by Crippen LogP contribution is 2.63. The topological polar surface area (TPSA) is 131 Å². The van der Waals surface area contributed by atoms with Crippen molar-refractivity contribution in [3.8, 4) is 5.75 Å². The van der Waals surface area contributed by atoms with Gasteiger partial charge >= 0.3 is 0 Å². The van der Waals surface area contributed by atoms with Crippen molar-refractivity contribution >= 4 is 35.3 Å². The number of carbonyl (C=O) groups is 3. The number of methoxy groups -OCH3 is 1. The van der Waals surface area contributed by atoms with E-state index in [2.05, 4.69) is 10.5 Å². The first-order valence-electron chi connectivity index (χ1n) is 14.1. The van der Waals surface area contributed by atoms with Crippen LogP contribution in [0.3, 0.4) is 0 Å². The zero-order chi connectivity index (χ0) is 30.7. The van der Waals surface area contributed by atoms with E-state index in [9.17, 15) is 24.5 Å². The molecule has 10 nitrogen and oxygen atoms in total. The molecule has 1 saturated heterocycles. The number of hydrazone groups is 1. The Bertz CT molecular complexity index is 1870. The lowest BCUT2D eigenvalue weighted by Crippen LogP contribution is -2.54. The van der Waals surface area contributed by atoms with Gasteiger partial charge in [-0.2, -0.15) is 5.10 Å².